The Morgan fingerprint density at radius 1 is 1.24 bits per heavy atom. The summed E-state index contributed by atoms with van der Waals surface area (Å²) in [4.78, 5) is 16.3. The number of nitrogens with zero attached hydrogens (tertiary/aromatic N) is 2. The van der Waals surface area contributed by atoms with Gasteiger partial charge in [0, 0.05) is 25.0 Å². The molecular formula is C17H24Cl4N2O2. The van der Waals surface area contributed by atoms with Crippen LogP contribution in [0.1, 0.15) is 18.4 Å². The van der Waals surface area contributed by atoms with Crippen molar-refractivity contribution in [3.8, 4) is 0 Å². The Balaban J connectivity index is 0.00000156. The molecule has 0 radical (unpaired) electrons. The highest BCUT2D eigenvalue weighted by atomic mass is 35.5. The predicted octanol–water partition coefficient (Wildman–Crippen LogP) is 4.07. The lowest BCUT2D eigenvalue weighted by molar-refractivity contribution is -0.145. The smallest absolute Gasteiger partial charge is 0.308 e. The minimum absolute atomic E-state index is 0. The maximum absolute atomic E-state index is 11.8. The van der Waals surface area contributed by atoms with Gasteiger partial charge < -0.3 is 10.0 Å². The number of carbonyl (C=O) groups is 1. The van der Waals surface area contributed by atoms with Crippen LogP contribution < -0.4 is 0 Å². The number of carboxylic acid groups (broad SMARTS) is 1. The molecule has 142 valence electrons. The molecule has 3 rings (SSSR count). The highest BCUT2D eigenvalue weighted by Gasteiger charge is 2.50. The van der Waals surface area contributed by atoms with Gasteiger partial charge in [-0.15, -0.1) is 24.8 Å². The zero-order valence-corrected chi connectivity index (χ0v) is 17.2. The molecule has 8 heteroatoms. The molecule has 2 aliphatic heterocycles. The Labute approximate surface area is 171 Å². The van der Waals surface area contributed by atoms with Crippen LogP contribution in [-0.4, -0.2) is 54.1 Å². The van der Waals surface area contributed by atoms with Gasteiger partial charge in [0.05, 0.1) is 16.0 Å². The number of benzene rings is 1. The maximum Gasteiger partial charge on any atom is 0.308 e. The Hall–Kier alpha value is -0.230. The van der Waals surface area contributed by atoms with E-state index in [-0.39, 0.29) is 36.1 Å². The largest absolute Gasteiger partial charge is 0.481 e. The highest BCUT2D eigenvalue weighted by molar-refractivity contribution is 6.42. The Kier molecular flexibility index (Phi) is 8.32. The van der Waals surface area contributed by atoms with E-state index in [2.05, 4.69) is 16.8 Å². The fraction of sp³-hybridized carbons (Fsp3) is 0.588. The Bertz CT molecular complexity index is 606. The number of hydrogen-bond acceptors (Lipinski definition) is 3. The number of carboxylic acids is 1. The highest BCUT2D eigenvalue weighted by Crippen LogP contribution is 2.45. The van der Waals surface area contributed by atoms with Crippen molar-refractivity contribution in [2.45, 2.75) is 19.4 Å². The number of likely N-dealkylation sites (tertiary alicyclic amines) is 2. The second kappa shape index (κ2) is 9.12. The molecule has 4 nitrogen and oxygen atoms in total. The van der Waals surface area contributed by atoms with Crippen molar-refractivity contribution in [2.24, 2.45) is 11.3 Å². The molecule has 0 aromatic heterocycles. The normalized spacial score (nSPS) is 23.1. The summed E-state index contributed by atoms with van der Waals surface area (Å²) in [6, 6.07) is 5.64. The summed E-state index contributed by atoms with van der Waals surface area (Å²) in [7, 11) is 2.10. The molecule has 2 fully saturated rings. The molecule has 0 amide bonds. The zero-order valence-electron chi connectivity index (χ0n) is 14.1. The molecule has 1 N–H and O–H groups in total. The molecule has 0 saturated carbocycles. The molecule has 1 spiro atoms. The molecule has 2 aliphatic rings. The van der Waals surface area contributed by atoms with Crippen LogP contribution in [0.25, 0.3) is 0 Å². The molecule has 1 aromatic carbocycles. The fourth-order valence-corrected chi connectivity index (χ4v) is 4.32. The standard InChI is InChI=1S/C17H22Cl2N2O2.2ClH/c1-20-6-4-17(5-7-20)11-21(10-13(17)16(22)23)9-12-2-3-14(18)15(19)8-12;;/h2-3,8,13H,4-7,9-11H2,1H3,(H,22,23);2*1H. The van der Waals surface area contributed by atoms with E-state index in [0.717, 1.165) is 44.6 Å². The first-order valence-electron chi connectivity index (χ1n) is 7.97. The summed E-state index contributed by atoms with van der Waals surface area (Å²) in [5.41, 5.74) is 0.989. The van der Waals surface area contributed by atoms with Gasteiger partial charge in [-0.25, -0.2) is 0 Å². The Morgan fingerprint density at radius 3 is 2.44 bits per heavy atom. The van der Waals surface area contributed by atoms with E-state index in [9.17, 15) is 9.90 Å². The van der Waals surface area contributed by atoms with Gasteiger partial charge in [-0.05, 0) is 50.7 Å². The van der Waals surface area contributed by atoms with Crippen LogP contribution in [0.3, 0.4) is 0 Å². The van der Waals surface area contributed by atoms with E-state index in [4.69, 9.17) is 23.2 Å². The monoisotopic (exact) mass is 428 g/mol. The second-order valence-electron chi connectivity index (χ2n) is 6.97. The topological polar surface area (TPSA) is 43.8 Å². The van der Waals surface area contributed by atoms with Crippen LogP contribution in [0.4, 0.5) is 0 Å². The second-order valence-corrected chi connectivity index (χ2v) is 7.79. The van der Waals surface area contributed by atoms with Crippen molar-refractivity contribution in [3.63, 3.8) is 0 Å². The van der Waals surface area contributed by atoms with E-state index < -0.39 is 5.97 Å². The first kappa shape index (κ1) is 22.8. The molecule has 0 aliphatic carbocycles. The van der Waals surface area contributed by atoms with Crippen molar-refractivity contribution in [1.29, 1.82) is 0 Å². The van der Waals surface area contributed by atoms with E-state index in [0.29, 0.717) is 16.6 Å². The van der Waals surface area contributed by atoms with Gasteiger partial charge in [-0.3, -0.25) is 9.69 Å². The lowest BCUT2D eigenvalue weighted by atomic mass is 9.71. The SMILES string of the molecule is CN1CCC2(CC1)CN(Cc1ccc(Cl)c(Cl)c1)CC2C(=O)O.Cl.Cl. The average molecular weight is 430 g/mol. The number of rotatable bonds is 3. The van der Waals surface area contributed by atoms with Crippen LogP contribution in [0.2, 0.25) is 10.0 Å². The molecule has 0 bridgehead atoms. The van der Waals surface area contributed by atoms with Crippen LogP contribution in [-0.2, 0) is 11.3 Å². The lowest BCUT2D eigenvalue weighted by Gasteiger charge is -2.40. The number of halogens is 4. The van der Waals surface area contributed by atoms with E-state index in [1.54, 1.807) is 6.07 Å². The molecule has 25 heavy (non-hydrogen) atoms. The number of aliphatic carboxylic acids is 1. The van der Waals surface area contributed by atoms with Gasteiger partial charge in [-0.1, -0.05) is 29.3 Å². The summed E-state index contributed by atoms with van der Waals surface area (Å²) in [5.74, 6) is -0.940. The molecular weight excluding hydrogens is 406 g/mol. The summed E-state index contributed by atoms with van der Waals surface area (Å²) in [6.07, 6.45) is 1.91. The van der Waals surface area contributed by atoms with Crippen molar-refractivity contribution < 1.29 is 9.90 Å². The maximum atomic E-state index is 11.8. The van der Waals surface area contributed by atoms with Gasteiger partial charge in [-0.2, -0.15) is 0 Å². The third-order valence-electron chi connectivity index (χ3n) is 5.39. The van der Waals surface area contributed by atoms with Crippen molar-refractivity contribution >= 4 is 54.0 Å². The van der Waals surface area contributed by atoms with E-state index >= 15 is 0 Å². The van der Waals surface area contributed by atoms with Gasteiger partial charge >= 0.3 is 5.97 Å². The first-order chi connectivity index (χ1) is 10.9. The average Bonchev–Trinajstić information content (AvgIpc) is 2.85. The molecule has 1 unspecified atom stereocenters. The van der Waals surface area contributed by atoms with Crippen molar-refractivity contribution in [2.75, 3.05) is 33.2 Å². The predicted molar refractivity (Wildman–Crippen MR) is 107 cm³/mol. The summed E-state index contributed by atoms with van der Waals surface area (Å²) >= 11 is 12.1. The number of hydrogen-bond donors (Lipinski definition) is 1. The van der Waals surface area contributed by atoms with Crippen LogP contribution in [0.15, 0.2) is 18.2 Å². The van der Waals surface area contributed by atoms with Gasteiger partial charge in [0.25, 0.3) is 0 Å². The van der Waals surface area contributed by atoms with Gasteiger partial charge in [0.2, 0.25) is 0 Å². The molecule has 1 atom stereocenters. The summed E-state index contributed by atoms with van der Waals surface area (Å²) < 4.78 is 0. The van der Waals surface area contributed by atoms with Crippen molar-refractivity contribution in [3.05, 3.63) is 33.8 Å². The number of piperidine rings is 1. The lowest BCUT2D eigenvalue weighted by Crippen LogP contribution is -2.44. The summed E-state index contributed by atoms with van der Waals surface area (Å²) in [5, 5.41) is 10.8. The van der Waals surface area contributed by atoms with Gasteiger partial charge in [0.15, 0.2) is 0 Å². The third-order valence-corrected chi connectivity index (χ3v) is 6.13. The van der Waals surface area contributed by atoms with E-state index in [1.807, 2.05) is 12.1 Å². The molecule has 1 aromatic rings. The molecule has 2 heterocycles. The van der Waals surface area contributed by atoms with Crippen molar-refractivity contribution in [1.82, 2.24) is 9.80 Å². The van der Waals surface area contributed by atoms with Crippen LogP contribution in [0, 0.1) is 11.3 Å². The minimum Gasteiger partial charge on any atom is -0.481 e. The third kappa shape index (κ3) is 4.94. The zero-order chi connectivity index (χ0) is 16.6. The van der Waals surface area contributed by atoms with Crippen LogP contribution in [0.5, 0.6) is 0 Å². The van der Waals surface area contributed by atoms with Crippen LogP contribution >= 0.6 is 48.0 Å². The van der Waals surface area contributed by atoms with Gasteiger partial charge in [0.1, 0.15) is 0 Å². The molecule has 2 saturated heterocycles. The van der Waals surface area contributed by atoms with E-state index in [1.165, 1.54) is 0 Å². The summed E-state index contributed by atoms with van der Waals surface area (Å²) in [6.45, 7) is 4.13. The minimum atomic E-state index is -0.661. The quantitative estimate of drug-likeness (QED) is 0.786. The fourth-order valence-electron chi connectivity index (χ4n) is 4.00. The Morgan fingerprint density at radius 2 is 1.88 bits per heavy atom. The first-order valence-corrected chi connectivity index (χ1v) is 8.73.